The first kappa shape index (κ1) is 38.5. The molecule has 0 aliphatic carbocycles. The summed E-state index contributed by atoms with van der Waals surface area (Å²) in [5.41, 5.74) is 2.58. The Morgan fingerprint density at radius 2 is 1.29 bits per heavy atom. The van der Waals surface area contributed by atoms with Crippen molar-refractivity contribution in [1.82, 2.24) is 4.90 Å². The number of amides is 2. The van der Waals surface area contributed by atoms with E-state index in [2.05, 4.69) is 12.2 Å². The molecule has 10 nitrogen and oxygen atoms in total. The largest absolute Gasteiger partial charge is 0.494 e. The van der Waals surface area contributed by atoms with Gasteiger partial charge in [-0.3, -0.25) is 14.4 Å². The van der Waals surface area contributed by atoms with Crippen LogP contribution in [0.1, 0.15) is 77.8 Å². The van der Waals surface area contributed by atoms with Crippen molar-refractivity contribution in [1.29, 1.82) is 0 Å². The highest BCUT2D eigenvalue weighted by Crippen LogP contribution is 2.20. The van der Waals surface area contributed by atoms with Gasteiger partial charge in [-0.1, -0.05) is 56.9 Å². The normalized spacial score (nSPS) is 11.0. The first-order chi connectivity index (χ1) is 24.4. The third-order valence-corrected chi connectivity index (χ3v) is 9.07. The van der Waals surface area contributed by atoms with Crippen LogP contribution in [0.25, 0.3) is 0 Å². The van der Waals surface area contributed by atoms with Gasteiger partial charge in [0.05, 0.1) is 30.0 Å². The summed E-state index contributed by atoms with van der Waals surface area (Å²) in [4.78, 5) is 52.4. The number of unbranched alkanes of at least 4 members (excludes halogenated alkanes) is 4. The first-order valence-electron chi connectivity index (χ1n) is 16.9. The fraction of sp³-hybridized carbons (Fsp3) is 0.300. The third kappa shape index (κ3) is 12.5. The summed E-state index contributed by atoms with van der Waals surface area (Å²) in [5.74, 6) is -0.333. The summed E-state index contributed by atoms with van der Waals surface area (Å²) in [7, 11) is -3.33. The lowest BCUT2D eigenvalue weighted by atomic mass is 10.1. The molecule has 4 aromatic rings. The van der Waals surface area contributed by atoms with Crippen molar-refractivity contribution in [2.75, 3.05) is 24.7 Å². The minimum Gasteiger partial charge on any atom is -0.494 e. The van der Waals surface area contributed by atoms with Gasteiger partial charge < -0.3 is 19.7 Å². The van der Waals surface area contributed by atoms with Crippen LogP contribution in [0.3, 0.4) is 0 Å². The smallest absolute Gasteiger partial charge is 0.343 e. The molecule has 0 spiro atoms. The topological polar surface area (TPSA) is 136 Å². The van der Waals surface area contributed by atoms with Gasteiger partial charge in [0.2, 0.25) is 5.91 Å². The molecule has 0 atom stereocenters. The van der Waals surface area contributed by atoms with Crippen molar-refractivity contribution in [3.63, 3.8) is 0 Å². The molecule has 0 saturated carbocycles. The van der Waals surface area contributed by atoms with E-state index in [0.717, 1.165) is 24.7 Å². The molecule has 4 rings (SSSR count). The number of carbonyl (C=O) groups excluding carboxylic acids is 4. The predicted octanol–water partition coefficient (Wildman–Crippen LogP) is 7.07. The molecular weight excluding hydrogens is 669 g/mol. The molecule has 0 aromatic heterocycles. The molecule has 0 aliphatic rings. The zero-order valence-electron chi connectivity index (χ0n) is 29.2. The number of nitrogens with one attached hydrogen (secondary N) is 1. The zero-order chi connectivity index (χ0) is 36.8. The van der Waals surface area contributed by atoms with Gasteiger partial charge in [-0.25, -0.2) is 13.2 Å². The summed E-state index contributed by atoms with van der Waals surface area (Å²) in [6.07, 6.45) is 6.92. The Labute approximate surface area is 299 Å². The summed E-state index contributed by atoms with van der Waals surface area (Å²) < 4.78 is 34.6. The number of rotatable bonds is 18. The monoisotopic (exact) mass is 712 g/mol. The van der Waals surface area contributed by atoms with E-state index in [-0.39, 0.29) is 42.0 Å². The van der Waals surface area contributed by atoms with E-state index in [1.54, 1.807) is 84.9 Å². The maximum atomic E-state index is 13.4. The average molecular weight is 713 g/mol. The maximum Gasteiger partial charge on any atom is 0.343 e. The number of ether oxygens (including phenoxy) is 2. The number of ketones is 1. The molecule has 1 N–H and O–H groups in total. The van der Waals surface area contributed by atoms with Crippen molar-refractivity contribution in [2.24, 2.45) is 0 Å². The van der Waals surface area contributed by atoms with Crippen molar-refractivity contribution >= 4 is 39.1 Å². The molecule has 0 heterocycles. The van der Waals surface area contributed by atoms with Gasteiger partial charge in [0.1, 0.15) is 17.3 Å². The van der Waals surface area contributed by atoms with Crippen LogP contribution in [0.15, 0.2) is 102 Å². The molecule has 0 radical (unpaired) electrons. The van der Waals surface area contributed by atoms with Crippen molar-refractivity contribution in [3.05, 3.63) is 119 Å². The number of sulfone groups is 1. The Morgan fingerprint density at radius 1 is 0.706 bits per heavy atom. The molecule has 4 aromatic carbocycles. The quantitative estimate of drug-likeness (QED) is 0.0658. The van der Waals surface area contributed by atoms with Gasteiger partial charge >= 0.3 is 5.97 Å². The van der Waals surface area contributed by atoms with E-state index < -0.39 is 15.8 Å². The van der Waals surface area contributed by atoms with Crippen LogP contribution < -0.4 is 14.8 Å². The van der Waals surface area contributed by atoms with Crippen LogP contribution in [0.4, 0.5) is 5.69 Å². The molecule has 11 heteroatoms. The van der Waals surface area contributed by atoms with Gasteiger partial charge in [0.25, 0.3) is 5.91 Å². The number of Topliss-reactive ketones (excluding diaryl/α,β-unsaturated/α-hetero) is 1. The number of esters is 1. The fourth-order valence-electron chi connectivity index (χ4n) is 5.22. The van der Waals surface area contributed by atoms with E-state index in [9.17, 15) is 27.6 Å². The van der Waals surface area contributed by atoms with Crippen molar-refractivity contribution < 1.29 is 37.1 Å². The van der Waals surface area contributed by atoms with Gasteiger partial charge in [0.15, 0.2) is 9.84 Å². The summed E-state index contributed by atoms with van der Waals surface area (Å²) in [5, 5.41) is 2.77. The first-order valence-corrected chi connectivity index (χ1v) is 18.8. The standard InChI is InChI=1S/C40H44N2O8S/c1-4-5-6-7-8-25-49-35-21-15-33(16-22-35)40(46)50-36-19-9-31(10-20-36)28-42(27-29(2)43)39(45)32-13-17-34(18-14-32)41-38(44)26-30-11-23-37(24-12-30)51(3,47)48/h9-24H,4-8,25-28H2,1-3H3,(H,41,44). The molecule has 0 aliphatic heterocycles. The maximum absolute atomic E-state index is 13.4. The van der Waals surface area contributed by atoms with Gasteiger partial charge in [-0.15, -0.1) is 0 Å². The van der Waals surface area contributed by atoms with E-state index in [1.165, 1.54) is 43.2 Å². The number of benzene rings is 4. The Balaban J connectivity index is 1.29. The van der Waals surface area contributed by atoms with Crippen LogP contribution in [0.5, 0.6) is 11.5 Å². The molecule has 0 bridgehead atoms. The zero-order valence-corrected chi connectivity index (χ0v) is 30.0. The summed E-state index contributed by atoms with van der Waals surface area (Å²) >= 11 is 0. The van der Waals surface area contributed by atoms with Crippen molar-refractivity contribution in [3.8, 4) is 11.5 Å². The van der Waals surface area contributed by atoms with Crippen LogP contribution >= 0.6 is 0 Å². The molecule has 0 saturated heterocycles. The summed E-state index contributed by atoms with van der Waals surface area (Å²) in [6, 6.07) is 26.0. The lowest BCUT2D eigenvalue weighted by Gasteiger charge is -2.22. The number of carbonyl (C=O) groups is 4. The molecule has 51 heavy (non-hydrogen) atoms. The van der Waals surface area contributed by atoms with Crippen molar-refractivity contribution in [2.45, 2.75) is 63.8 Å². The Morgan fingerprint density at radius 3 is 1.90 bits per heavy atom. The number of nitrogens with zero attached hydrogens (tertiary/aromatic N) is 1. The third-order valence-electron chi connectivity index (χ3n) is 7.95. The van der Waals surface area contributed by atoms with Gasteiger partial charge in [-0.2, -0.15) is 0 Å². The van der Waals surface area contributed by atoms with E-state index in [0.29, 0.717) is 40.5 Å². The molecule has 0 fully saturated rings. The average Bonchev–Trinajstić information content (AvgIpc) is 3.10. The van der Waals surface area contributed by atoms with E-state index >= 15 is 0 Å². The SMILES string of the molecule is CCCCCCCOc1ccc(C(=O)Oc2ccc(CN(CC(C)=O)C(=O)c3ccc(NC(=O)Cc4ccc(S(C)(=O)=O)cc4)cc3)cc2)cc1. The van der Waals surface area contributed by atoms with Crippen LogP contribution in [-0.4, -0.2) is 56.3 Å². The van der Waals surface area contributed by atoms with E-state index in [1.807, 2.05) is 0 Å². The van der Waals surface area contributed by atoms with Crippen LogP contribution in [0, 0.1) is 0 Å². The number of hydrogen-bond acceptors (Lipinski definition) is 8. The lowest BCUT2D eigenvalue weighted by molar-refractivity contribution is -0.118. The highest BCUT2D eigenvalue weighted by atomic mass is 32.2. The van der Waals surface area contributed by atoms with Gasteiger partial charge in [0, 0.05) is 24.1 Å². The molecule has 268 valence electrons. The second-order valence-electron chi connectivity index (χ2n) is 12.4. The van der Waals surface area contributed by atoms with Crippen LogP contribution in [-0.2, 0) is 32.4 Å². The molecular formula is C40H44N2O8S. The van der Waals surface area contributed by atoms with Gasteiger partial charge in [-0.05, 0) is 97.3 Å². The highest BCUT2D eigenvalue weighted by molar-refractivity contribution is 7.90. The molecule has 2 amide bonds. The van der Waals surface area contributed by atoms with Crippen LogP contribution in [0.2, 0.25) is 0 Å². The lowest BCUT2D eigenvalue weighted by Crippen LogP contribution is -2.34. The fourth-order valence-corrected chi connectivity index (χ4v) is 5.85. The highest BCUT2D eigenvalue weighted by Gasteiger charge is 2.19. The minimum absolute atomic E-state index is 0.0387. The summed E-state index contributed by atoms with van der Waals surface area (Å²) in [6.45, 7) is 4.26. The number of anilines is 1. The minimum atomic E-state index is -3.33. The predicted molar refractivity (Wildman–Crippen MR) is 196 cm³/mol. The number of hydrogen-bond donors (Lipinski definition) is 1. The second kappa shape index (κ2) is 18.6. The Kier molecular flexibility index (Phi) is 14.1. The molecule has 0 unspecified atom stereocenters. The Hall–Kier alpha value is -5.29. The van der Waals surface area contributed by atoms with E-state index in [4.69, 9.17) is 9.47 Å². The second-order valence-corrected chi connectivity index (χ2v) is 14.4. The Bertz CT molecular complexity index is 1890.